The Morgan fingerprint density at radius 2 is 2.21 bits per heavy atom. The fourth-order valence-electron chi connectivity index (χ4n) is 1.75. The number of anilines is 1. The highest BCUT2D eigenvalue weighted by Crippen LogP contribution is 2.16. The van der Waals surface area contributed by atoms with Gasteiger partial charge in [0.15, 0.2) is 11.5 Å². The van der Waals surface area contributed by atoms with Crippen LogP contribution in [0.5, 0.6) is 0 Å². The summed E-state index contributed by atoms with van der Waals surface area (Å²) in [4.78, 5) is 15.1. The number of hydrogen-bond donors (Lipinski definition) is 2. The molecule has 3 aromatic rings. The summed E-state index contributed by atoms with van der Waals surface area (Å²) in [7, 11) is 0. The molecule has 3 aromatic heterocycles. The van der Waals surface area contributed by atoms with E-state index >= 15 is 0 Å². The third-order valence-electron chi connectivity index (χ3n) is 2.64. The highest BCUT2D eigenvalue weighted by Gasteiger charge is 2.17. The third kappa shape index (κ3) is 1.59. The van der Waals surface area contributed by atoms with Gasteiger partial charge in [-0.1, -0.05) is 0 Å². The second-order valence-electron chi connectivity index (χ2n) is 3.87. The van der Waals surface area contributed by atoms with Crippen molar-refractivity contribution in [3.05, 3.63) is 30.1 Å². The second-order valence-corrected chi connectivity index (χ2v) is 3.87. The lowest BCUT2D eigenvalue weighted by molar-refractivity contribution is 0.0691. The predicted octanol–water partition coefficient (Wildman–Crippen LogP) is -0.101. The van der Waals surface area contributed by atoms with Crippen molar-refractivity contribution in [2.45, 2.75) is 6.92 Å². The Labute approximate surface area is 106 Å². The molecule has 0 aliphatic heterocycles. The molecule has 3 N–H and O–H groups in total. The van der Waals surface area contributed by atoms with Crippen LogP contribution in [0.15, 0.2) is 18.6 Å². The maximum atomic E-state index is 10.9. The van der Waals surface area contributed by atoms with E-state index in [1.165, 1.54) is 10.9 Å². The first kappa shape index (κ1) is 11.1. The molecule has 3 rings (SSSR count). The van der Waals surface area contributed by atoms with E-state index in [1.807, 2.05) is 0 Å². The molecule has 0 aliphatic rings. The lowest BCUT2D eigenvalue weighted by Gasteiger charge is -2.01. The molecule has 0 radical (unpaired) electrons. The Morgan fingerprint density at radius 1 is 1.42 bits per heavy atom. The van der Waals surface area contributed by atoms with Gasteiger partial charge in [0.25, 0.3) is 0 Å². The van der Waals surface area contributed by atoms with E-state index < -0.39 is 5.97 Å². The first-order valence-corrected chi connectivity index (χ1v) is 5.33. The van der Waals surface area contributed by atoms with Crippen LogP contribution in [0.2, 0.25) is 0 Å². The highest BCUT2D eigenvalue weighted by atomic mass is 16.4. The van der Waals surface area contributed by atoms with Gasteiger partial charge in [-0.25, -0.2) is 14.5 Å². The summed E-state index contributed by atoms with van der Waals surface area (Å²) in [6.07, 6.45) is 4.64. The molecule has 0 fully saturated rings. The van der Waals surface area contributed by atoms with Crippen molar-refractivity contribution < 1.29 is 9.90 Å². The van der Waals surface area contributed by atoms with Gasteiger partial charge in [-0.2, -0.15) is 5.10 Å². The Hall–Kier alpha value is -2.97. The predicted molar refractivity (Wildman–Crippen MR) is 64.0 cm³/mol. The van der Waals surface area contributed by atoms with E-state index in [-0.39, 0.29) is 11.4 Å². The number of aromatic nitrogens is 6. The number of hydrogen-bond acceptors (Lipinski definition) is 6. The van der Waals surface area contributed by atoms with Crippen molar-refractivity contribution in [1.29, 1.82) is 0 Å². The zero-order valence-electron chi connectivity index (χ0n) is 9.85. The highest BCUT2D eigenvalue weighted by molar-refractivity contribution is 5.91. The fraction of sp³-hybridized carbons (Fsp3) is 0.100. The minimum absolute atomic E-state index is 0.0625. The molecular formula is C10H9N7O2. The number of nitrogens with zero attached hydrogens (tertiary/aromatic N) is 6. The molecule has 0 spiro atoms. The summed E-state index contributed by atoms with van der Waals surface area (Å²) in [5, 5.41) is 20.7. The summed E-state index contributed by atoms with van der Waals surface area (Å²) >= 11 is 0. The number of rotatable bonds is 2. The maximum absolute atomic E-state index is 10.9. The lowest BCUT2D eigenvalue weighted by atomic mass is 10.4. The van der Waals surface area contributed by atoms with E-state index in [0.29, 0.717) is 17.3 Å². The zero-order valence-corrected chi connectivity index (χ0v) is 9.85. The van der Waals surface area contributed by atoms with Crippen LogP contribution in [-0.2, 0) is 0 Å². The van der Waals surface area contributed by atoms with Crippen molar-refractivity contribution in [2.24, 2.45) is 0 Å². The van der Waals surface area contributed by atoms with Crippen molar-refractivity contribution >= 4 is 17.3 Å². The third-order valence-corrected chi connectivity index (χ3v) is 2.64. The molecule has 96 valence electrons. The van der Waals surface area contributed by atoms with Crippen LogP contribution in [-0.4, -0.2) is 40.4 Å². The number of carboxylic acid groups (broad SMARTS) is 1. The molecule has 9 nitrogen and oxygen atoms in total. The van der Waals surface area contributed by atoms with Crippen LogP contribution in [0.3, 0.4) is 0 Å². The Morgan fingerprint density at radius 3 is 2.89 bits per heavy atom. The van der Waals surface area contributed by atoms with Gasteiger partial charge in [-0.15, -0.1) is 10.2 Å². The quantitative estimate of drug-likeness (QED) is 0.658. The molecule has 19 heavy (non-hydrogen) atoms. The first-order chi connectivity index (χ1) is 9.08. The monoisotopic (exact) mass is 259 g/mol. The van der Waals surface area contributed by atoms with Crippen LogP contribution in [0.4, 0.5) is 5.69 Å². The Bertz CT molecular complexity index is 788. The van der Waals surface area contributed by atoms with E-state index in [9.17, 15) is 4.79 Å². The molecule has 9 heteroatoms. The van der Waals surface area contributed by atoms with Crippen LogP contribution in [0.25, 0.3) is 11.5 Å². The number of nitrogens with two attached hydrogens (primary N) is 1. The van der Waals surface area contributed by atoms with E-state index in [0.717, 1.165) is 0 Å². The standard InChI is InChI=1S/C10H9N7O2/c1-5-13-14-9-8(12-2-3-16(5)9)17-4-6(11)7(15-17)10(18)19/h2-4H,11H2,1H3,(H,18,19). The topological polar surface area (TPSA) is 124 Å². The van der Waals surface area contributed by atoms with Crippen LogP contribution >= 0.6 is 0 Å². The van der Waals surface area contributed by atoms with Crippen molar-refractivity contribution in [3.63, 3.8) is 0 Å². The molecule has 0 aliphatic carbocycles. The maximum Gasteiger partial charge on any atom is 0.358 e. The molecule has 0 unspecified atom stereocenters. The van der Waals surface area contributed by atoms with Gasteiger partial charge in [-0.3, -0.25) is 4.40 Å². The van der Waals surface area contributed by atoms with E-state index in [1.54, 1.807) is 23.7 Å². The Kier molecular flexibility index (Phi) is 2.21. The molecular weight excluding hydrogens is 250 g/mol. The van der Waals surface area contributed by atoms with Gasteiger partial charge in [0.05, 0.1) is 11.9 Å². The summed E-state index contributed by atoms with van der Waals surface area (Å²) in [6, 6.07) is 0. The van der Waals surface area contributed by atoms with Gasteiger partial charge in [-0.05, 0) is 6.92 Å². The number of aromatic carboxylic acids is 1. The molecule has 3 heterocycles. The number of carboxylic acids is 1. The van der Waals surface area contributed by atoms with Gasteiger partial charge < -0.3 is 10.8 Å². The average Bonchev–Trinajstić information content (AvgIpc) is 2.94. The number of carbonyl (C=O) groups is 1. The number of fused-ring (bicyclic) bond motifs is 1. The molecule has 0 amide bonds. The SMILES string of the molecule is Cc1nnc2c(-n3cc(N)c(C(=O)O)n3)nccn12. The first-order valence-electron chi connectivity index (χ1n) is 5.33. The van der Waals surface area contributed by atoms with Crippen molar-refractivity contribution in [2.75, 3.05) is 5.73 Å². The van der Waals surface area contributed by atoms with Gasteiger partial charge in [0.2, 0.25) is 5.65 Å². The summed E-state index contributed by atoms with van der Waals surface area (Å²) in [5.74, 6) is -0.139. The lowest BCUT2D eigenvalue weighted by Crippen LogP contribution is -2.05. The van der Waals surface area contributed by atoms with Crippen LogP contribution in [0.1, 0.15) is 16.3 Å². The smallest absolute Gasteiger partial charge is 0.358 e. The van der Waals surface area contributed by atoms with Gasteiger partial charge >= 0.3 is 5.97 Å². The molecule has 0 saturated carbocycles. The van der Waals surface area contributed by atoms with Crippen LogP contribution < -0.4 is 5.73 Å². The van der Waals surface area contributed by atoms with Crippen molar-refractivity contribution in [3.8, 4) is 5.82 Å². The summed E-state index contributed by atoms with van der Waals surface area (Å²) in [5.41, 5.74) is 5.91. The molecule has 0 saturated heterocycles. The average molecular weight is 259 g/mol. The zero-order chi connectivity index (χ0) is 13.6. The molecule has 0 atom stereocenters. The number of nitrogen functional groups attached to an aromatic ring is 1. The molecule has 0 aromatic carbocycles. The fourth-order valence-corrected chi connectivity index (χ4v) is 1.75. The minimum atomic E-state index is -1.19. The van der Waals surface area contributed by atoms with Gasteiger partial charge in [0.1, 0.15) is 5.82 Å². The minimum Gasteiger partial charge on any atom is -0.476 e. The number of aryl methyl sites for hydroxylation is 1. The largest absolute Gasteiger partial charge is 0.476 e. The normalized spacial score (nSPS) is 11.0. The van der Waals surface area contributed by atoms with Crippen LogP contribution in [0, 0.1) is 6.92 Å². The van der Waals surface area contributed by atoms with Crippen molar-refractivity contribution in [1.82, 2.24) is 29.4 Å². The van der Waals surface area contributed by atoms with Gasteiger partial charge in [0, 0.05) is 12.4 Å². The molecule has 0 bridgehead atoms. The van der Waals surface area contributed by atoms with E-state index in [2.05, 4.69) is 20.3 Å². The Balaban J connectivity index is 2.24. The summed E-state index contributed by atoms with van der Waals surface area (Å²) in [6.45, 7) is 1.80. The second kappa shape index (κ2) is 3.77. The summed E-state index contributed by atoms with van der Waals surface area (Å²) < 4.78 is 3.00. The van der Waals surface area contributed by atoms with E-state index in [4.69, 9.17) is 10.8 Å².